The van der Waals surface area contributed by atoms with Crippen molar-refractivity contribution in [3.05, 3.63) is 59.7 Å². The van der Waals surface area contributed by atoms with Gasteiger partial charge in [-0.25, -0.2) is 0 Å². The lowest BCUT2D eigenvalue weighted by Crippen LogP contribution is -2.34. The fourth-order valence-corrected chi connectivity index (χ4v) is 3.83. The first kappa shape index (κ1) is 21.4. The van der Waals surface area contributed by atoms with Crippen LogP contribution in [0.4, 0.5) is 0 Å². The van der Waals surface area contributed by atoms with Crippen molar-refractivity contribution in [3.63, 3.8) is 0 Å². The highest BCUT2D eigenvalue weighted by atomic mass is 16.5. The van der Waals surface area contributed by atoms with E-state index in [1.165, 1.54) is 0 Å². The van der Waals surface area contributed by atoms with Crippen LogP contribution in [0.15, 0.2) is 48.5 Å². The van der Waals surface area contributed by atoms with Crippen LogP contribution < -0.4 is 14.2 Å². The van der Waals surface area contributed by atoms with Crippen molar-refractivity contribution in [1.29, 1.82) is 0 Å². The van der Waals surface area contributed by atoms with Crippen molar-refractivity contribution in [3.8, 4) is 17.2 Å². The average Bonchev–Trinajstić information content (AvgIpc) is 2.78. The molecule has 0 radical (unpaired) electrons. The van der Waals surface area contributed by atoms with E-state index in [1.54, 1.807) is 46.5 Å². The highest BCUT2D eigenvalue weighted by Gasteiger charge is 2.41. The summed E-state index contributed by atoms with van der Waals surface area (Å²) in [7, 11) is 4.73. The van der Waals surface area contributed by atoms with Gasteiger partial charge in [0.15, 0.2) is 5.78 Å². The number of rotatable bonds is 7. The lowest BCUT2D eigenvalue weighted by atomic mass is 9.73. The van der Waals surface area contributed by atoms with Gasteiger partial charge in [0, 0.05) is 11.5 Å². The minimum Gasteiger partial charge on any atom is -0.497 e. The molecule has 2 atom stereocenters. The molecule has 0 N–H and O–H groups in total. The monoisotopic (exact) mass is 410 g/mol. The van der Waals surface area contributed by atoms with Gasteiger partial charge in [-0.1, -0.05) is 12.1 Å². The summed E-state index contributed by atoms with van der Waals surface area (Å²) in [6.07, 6.45) is 2.01. The highest BCUT2D eigenvalue weighted by molar-refractivity contribution is 6.10. The molecule has 0 saturated carbocycles. The molecule has 1 aliphatic rings. The van der Waals surface area contributed by atoms with Gasteiger partial charge in [0.05, 0.1) is 27.9 Å². The topological polar surface area (TPSA) is 71.1 Å². The Hall–Kier alpha value is -3.28. The van der Waals surface area contributed by atoms with Crippen LogP contribution in [0.1, 0.15) is 30.4 Å². The molecule has 0 fully saturated rings. The van der Waals surface area contributed by atoms with Crippen LogP contribution in [0, 0.1) is 5.92 Å². The molecule has 6 heteroatoms. The zero-order valence-electron chi connectivity index (χ0n) is 17.6. The quantitative estimate of drug-likeness (QED) is 0.507. The van der Waals surface area contributed by atoms with Gasteiger partial charge in [-0.3, -0.25) is 9.59 Å². The van der Waals surface area contributed by atoms with Crippen molar-refractivity contribution in [2.75, 3.05) is 27.9 Å². The Bertz CT molecular complexity index is 962. The van der Waals surface area contributed by atoms with Gasteiger partial charge in [0.25, 0.3) is 0 Å². The molecule has 2 aromatic carbocycles. The Labute approximate surface area is 176 Å². The van der Waals surface area contributed by atoms with Crippen molar-refractivity contribution in [1.82, 2.24) is 0 Å². The van der Waals surface area contributed by atoms with Crippen molar-refractivity contribution >= 4 is 17.3 Å². The first-order chi connectivity index (χ1) is 14.5. The molecule has 2 aromatic rings. The molecule has 158 valence electrons. The standard InChI is InChI=1S/C24H26O6/c1-5-30-24(26)23-20(19-14-18(28-3)9-10-22(19)29-4)12-16(13-21(23)25)15-7-6-8-17(11-15)27-2/h6-11,13-14,20,23H,5,12H2,1-4H3/t20-,23+/m1/s1. The maximum Gasteiger partial charge on any atom is 0.317 e. The van der Waals surface area contributed by atoms with Gasteiger partial charge in [-0.05, 0) is 60.9 Å². The maximum absolute atomic E-state index is 13.1. The summed E-state index contributed by atoms with van der Waals surface area (Å²) in [4.78, 5) is 25.8. The number of hydrogen-bond donors (Lipinski definition) is 0. The molecule has 0 saturated heterocycles. The second kappa shape index (κ2) is 9.48. The molecule has 0 bridgehead atoms. The number of carbonyl (C=O) groups is 2. The molecule has 0 spiro atoms. The fourth-order valence-electron chi connectivity index (χ4n) is 3.83. The van der Waals surface area contributed by atoms with Crippen molar-refractivity contribution < 1.29 is 28.5 Å². The van der Waals surface area contributed by atoms with E-state index >= 15 is 0 Å². The van der Waals surface area contributed by atoms with E-state index in [0.717, 1.165) is 16.7 Å². The summed E-state index contributed by atoms with van der Waals surface area (Å²) < 4.78 is 21.5. The summed E-state index contributed by atoms with van der Waals surface area (Å²) >= 11 is 0. The highest BCUT2D eigenvalue weighted by Crippen LogP contribution is 2.44. The van der Waals surface area contributed by atoms with E-state index < -0.39 is 17.8 Å². The van der Waals surface area contributed by atoms with E-state index in [-0.39, 0.29) is 12.4 Å². The van der Waals surface area contributed by atoms with E-state index in [9.17, 15) is 9.59 Å². The third-order valence-electron chi connectivity index (χ3n) is 5.28. The largest absolute Gasteiger partial charge is 0.497 e. The average molecular weight is 410 g/mol. The minimum absolute atomic E-state index is 0.205. The summed E-state index contributed by atoms with van der Waals surface area (Å²) in [5, 5.41) is 0. The second-order valence-corrected chi connectivity index (χ2v) is 6.95. The molecule has 0 aliphatic heterocycles. The van der Waals surface area contributed by atoms with Gasteiger partial charge in [-0.2, -0.15) is 0 Å². The van der Waals surface area contributed by atoms with Crippen LogP contribution in [0.3, 0.4) is 0 Å². The summed E-state index contributed by atoms with van der Waals surface area (Å²) in [6, 6.07) is 12.9. The Morgan fingerprint density at radius 1 is 1.00 bits per heavy atom. The number of allylic oxidation sites excluding steroid dienone is 2. The number of carbonyl (C=O) groups excluding carboxylic acids is 2. The Kier molecular flexibility index (Phi) is 6.77. The predicted octanol–water partition coefficient (Wildman–Crippen LogP) is 4.03. The molecular formula is C24H26O6. The third kappa shape index (κ3) is 4.32. The van der Waals surface area contributed by atoms with Crippen LogP contribution >= 0.6 is 0 Å². The molecular weight excluding hydrogens is 384 g/mol. The normalized spacial score (nSPS) is 18.4. The smallest absolute Gasteiger partial charge is 0.317 e. The van der Waals surface area contributed by atoms with E-state index in [1.807, 2.05) is 30.3 Å². The minimum atomic E-state index is -0.944. The van der Waals surface area contributed by atoms with Gasteiger partial charge < -0.3 is 18.9 Å². The summed E-state index contributed by atoms with van der Waals surface area (Å²) in [6.45, 7) is 1.93. The summed E-state index contributed by atoms with van der Waals surface area (Å²) in [5.41, 5.74) is 2.43. The molecule has 30 heavy (non-hydrogen) atoms. The first-order valence-corrected chi connectivity index (χ1v) is 9.79. The molecule has 3 rings (SSSR count). The number of ether oxygens (including phenoxy) is 4. The Balaban J connectivity index is 2.11. The van der Waals surface area contributed by atoms with Crippen LogP contribution in [0.5, 0.6) is 17.2 Å². The zero-order chi connectivity index (χ0) is 21.7. The third-order valence-corrected chi connectivity index (χ3v) is 5.28. The van der Waals surface area contributed by atoms with Crippen LogP contribution in [-0.2, 0) is 14.3 Å². The SMILES string of the molecule is CCOC(=O)[C@@H]1C(=O)C=C(c2cccc(OC)c2)C[C@@H]1c1cc(OC)ccc1OC. The van der Waals surface area contributed by atoms with Crippen LogP contribution in [-0.4, -0.2) is 39.7 Å². The molecule has 0 amide bonds. The maximum atomic E-state index is 13.1. The van der Waals surface area contributed by atoms with Crippen molar-refractivity contribution in [2.45, 2.75) is 19.3 Å². The molecule has 0 unspecified atom stereocenters. The Morgan fingerprint density at radius 2 is 1.73 bits per heavy atom. The lowest BCUT2D eigenvalue weighted by molar-refractivity contribution is -0.151. The number of ketones is 1. The van der Waals surface area contributed by atoms with Crippen molar-refractivity contribution in [2.24, 2.45) is 5.92 Å². The van der Waals surface area contributed by atoms with Gasteiger partial charge in [0.1, 0.15) is 23.2 Å². The first-order valence-electron chi connectivity index (χ1n) is 9.79. The number of esters is 1. The van der Waals surface area contributed by atoms with Crippen LogP contribution in [0.2, 0.25) is 0 Å². The lowest BCUT2D eigenvalue weighted by Gasteiger charge is -2.30. The predicted molar refractivity (Wildman–Crippen MR) is 113 cm³/mol. The molecule has 1 aliphatic carbocycles. The number of methoxy groups -OCH3 is 3. The van der Waals surface area contributed by atoms with Gasteiger partial charge in [0.2, 0.25) is 0 Å². The molecule has 0 aromatic heterocycles. The van der Waals surface area contributed by atoms with E-state index in [2.05, 4.69) is 0 Å². The zero-order valence-corrected chi connectivity index (χ0v) is 17.6. The number of benzene rings is 2. The van der Waals surface area contributed by atoms with Gasteiger partial charge >= 0.3 is 5.97 Å². The summed E-state index contributed by atoms with van der Waals surface area (Å²) in [5.74, 6) is -0.296. The van der Waals surface area contributed by atoms with Gasteiger partial charge in [-0.15, -0.1) is 0 Å². The van der Waals surface area contributed by atoms with E-state index in [4.69, 9.17) is 18.9 Å². The van der Waals surface area contributed by atoms with Crippen LogP contribution in [0.25, 0.3) is 5.57 Å². The molecule has 6 nitrogen and oxygen atoms in total. The Morgan fingerprint density at radius 3 is 2.40 bits per heavy atom. The second-order valence-electron chi connectivity index (χ2n) is 6.95. The number of hydrogen-bond acceptors (Lipinski definition) is 6. The molecule has 0 heterocycles. The fraction of sp³-hybridized carbons (Fsp3) is 0.333. The van der Waals surface area contributed by atoms with E-state index in [0.29, 0.717) is 23.7 Å².